The van der Waals surface area contributed by atoms with Crippen LogP contribution in [0.1, 0.15) is 25.1 Å². The molecule has 0 aliphatic heterocycles. The maximum atomic E-state index is 11.6. The second-order valence-electron chi connectivity index (χ2n) is 5.85. The van der Waals surface area contributed by atoms with Crippen LogP contribution in [-0.2, 0) is 20.9 Å². The molecular formula is C19H21NO4S. The Bertz CT molecular complexity index is 948. The van der Waals surface area contributed by atoms with Crippen LogP contribution in [0.15, 0.2) is 60.8 Å². The highest BCUT2D eigenvalue weighted by Crippen LogP contribution is 2.31. The van der Waals surface area contributed by atoms with Crippen LogP contribution < -0.4 is 4.74 Å². The Kier molecular flexibility index (Phi) is 5.11. The summed E-state index contributed by atoms with van der Waals surface area (Å²) in [5.74, 6) is 0.696. The van der Waals surface area contributed by atoms with Crippen LogP contribution in [0.2, 0.25) is 0 Å². The summed E-state index contributed by atoms with van der Waals surface area (Å²) in [4.78, 5) is 0. The predicted octanol–water partition coefficient (Wildman–Crippen LogP) is 4.11. The molecule has 1 heterocycles. The molecule has 0 saturated heterocycles. The molecule has 0 N–H and O–H groups in total. The molecule has 3 rings (SSSR count). The smallest absolute Gasteiger partial charge is 0.266 e. The van der Waals surface area contributed by atoms with Gasteiger partial charge in [-0.05, 0) is 24.1 Å². The minimum Gasteiger partial charge on any atom is -0.487 e. The van der Waals surface area contributed by atoms with E-state index in [0.29, 0.717) is 18.8 Å². The normalized spacial score (nSPS) is 13.0. The van der Waals surface area contributed by atoms with Crippen LogP contribution in [0.25, 0.3) is 10.9 Å². The average molecular weight is 359 g/mol. The molecule has 2 aromatic carbocycles. The molecule has 0 fully saturated rings. The van der Waals surface area contributed by atoms with Crippen LogP contribution in [-0.4, -0.2) is 19.2 Å². The Morgan fingerprint density at radius 1 is 1.04 bits per heavy atom. The van der Waals surface area contributed by atoms with Crippen LogP contribution in [0, 0.1) is 0 Å². The van der Waals surface area contributed by atoms with Crippen molar-refractivity contribution in [2.45, 2.75) is 26.2 Å². The molecule has 5 nitrogen and oxygen atoms in total. The van der Waals surface area contributed by atoms with E-state index in [1.807, 2.05) is 72.3 Å². The van der Waals surface area contributed by atoms with Crippen LogP contribution >= 0.6 is 0 Å². The van der Waals surface area contributed by atoms with Gasteiger partial charge in [0, 0.05) is 11.6 Å². The monoisotopic (exact) mass is 359 g/mol. The lowest BCUT2D eigenvalue weighted by atomic mass is 10.2. The summed E-state index contributed by atoms with van der Waals surface area (Å²) in [5.41, 5.74) is 1.89. The molecule has 6 heteroatoms. The van der Waals surface area contributed by atoms with Gasteiger partial charge in [-0.1, -0.05) is 49.4 Å². The lowest BCUT2D eigenvalue weighted by Crippen LogP contribution is -2.15. The molecule has 0 saturated carbocycles. The second kappa shape index (κ2) is 7.29. The molecule has 1 unspecified atom stereocenters. The van der Waals surface area contributed by atoms with Crippen molar-refractivity contribution in [2.75, 3.05) is 6.26 Å². The first-order valence-electron chi connectivity index (χ1n) is 8.12. The summed E-state index contributed by atoms with van der Waals surface area (Å²) in [5, 5.41) is 0.973. The van der Waals surface area contributed by atoms with E-state index in [1.165, 1.54) is 0 Å². The number of benzene rings is 2. The quantitative estimate of drug-likeness (QED) is 0.596. The number of nitrogens with zero attached hydrogens (tertiary/aromatic N) is 1. The lowest BCUT2D eigenvalue weighted by molar-refractivity contribution is 0.141. The fraction of sp³-hybridized carbons (Fsp3) is 0.263. The van der Waals surface area contributed by atoms with Crippen molar-refractivity contribution in [3.05, 3.63) is 66.4 Å². The molecule has 0 bridgehead atoms. The third-order valence-corrected chi connectivity index (χ3v) is 4.46. The summed E-state index contributed by atoms with van der Waals surface area (Å²) in [7, 11) is -3.56. The van der Waals surface area contributed by atoms with E-state index in [9.17, 15) is 8.42 Å². The zero-order valence-electron chi connectivity index (χ0n) is 14.3. The van der Waals surface area contributed by atoms with E-state index in [-0.39, 0.29) is 0 Å². The Labute approximate surface area is 147 Å². The van der Waals surface area contributed by atoms with E-state index in [0.717, 1.165) is 22.7 Å². The predicted molar refractivity (Wildman–Crippen MR) is 98.0 cm³/mol. The highest BCUT2D eigenvalue weighted by atomic mass is 32.2. The highest BCUT2D eigenvalue weighted by Gasteiger charge is 2.19. The van der Waals surface area contributed by atoms with Gasteiger partial charge in [-0.25, -0.2) is 4.18 Å². The molecule has 132 valence electrons. The molecule has 0 aliphatic carbocycles. The van der Waals surface area contributed by atoms with Gasteiger partial charge in [0.2, 0.25) is 0 Å². The maximum Gasteiger partial charge on any atom is 0.266 e. The van der Waals surface area contributed by atoms with Gasteiger partial charge in [-0.2, -0.15) is 8.42 Å². The fourth-order valence-electron chi connectivity index (χ4n) is 2.79. The van der Waals surface area contributed by atoms with Crippen molar-refractivity contribution in [1.29, 1.82) is 0 Å². The molecule has 0 radical (unpaired) electrons. The molecule has 0 spiro atoms. The summed E-state index contributed by atoms with van der Waals surface area (Å²) in [6.45, 7) is 2.32. The Hall–Kier alpha value is -2.31. The van der Waals surface area contributed by atoms with E-state index in [2.05, 4.69) is 0 Å². The summed E-state index contributed by atoms with van der Waals surface area (Å²) in [6, 6.07) is 17.6. The second-order valence-corrected chi connectivity index (χ2v) is 7.46. The molecule has 1 aromatic heterocycles. The molecule has 0 amide bonds. The van der Waals surface area contributed by atoms with Crippen molar-refractivity contribution in [3.63, 3.8) is 0 Å². The zero-order valence-corrected chi connectivity index (χ0v) is 15.1. The standard InChI is InChI=1S/C19H21NO4S/c1-3-18(24-25(2,21)22)20-13-12-16-10-7-11-17(19(16)20)23-14-15-8-5-4-6-9-15/h4-13,18H,3,14H2,1-2H3. The van der Waals surface area contributed by atoms with E-state index in [4.69, 9.17) is 8.92 Å². The number of fused-ring (bicyclic) bond motifs is 1. The number of ether oxygens (including phenoxy) is 1. The molecule has 1 atom stereocenters. The number of para-hydroxylation sites is 1. The lowest BCUT2D eigenvalue weighted by Gasteiger charge is -2.19. The summed E-state index contributed by atoms with van der Waals surface area (Å²) in [6.07, 6.45) is 2.81. The van der Waals surface area contributed by atoms with Crippen molar-refractivity contribution >= 4 is 21.0 Å². The number of aromatic nitrogens is 1. The Balaban J connectivity index is 1.95. The van der Waals surface area contributed by atoms with Gasteiger partial charge >= 0.3 is 0 Å². The van der Waals surface area contributed by atoms with Gasteiger partial charge in [-0.15, -0.1) is 0 Å². The van der Waals surface area contributed by atoms with Gasteiger partial charge in [-0.3, -0.25) is 0 Å². The Morgan fingerprint density at radius 2 is 1.80 bits per heavy atom. The molecule has 3 aromatic rings. The average Bonchev–Trinajstić information content (AvgIpc) is 3.02. The largest absolute Gasteiger partial charge is 0.487 e. The van der Waals surface area contributed by atoms with Crippen molar-refractivity contribution in [1.82, 2.24) is 4.57 Å². The zero-order chi connectivity index (χ0) is 17.9. The van der Waals surface area contributed by atoms with Gasteiger partial charge in [0.15, 0.2) is 6.23 Å². The van der Waals surface area contributed by atoms with Gasteiger partial charge in [0.1, 0.15) is 12.4 Å². The minimum atomic E-state index is -3.56. The van der Waals surface area contributed by atoms with E-state index >= 15 is 0 Å². The first-order chi connectivity index (χ1) is 12.0. The third kappa shape index (κ3) is 4.21. The van der Waals surface area contributed by atoms with E-state index < -0.39 is 16.3 Å². The number of rotatable bonds is 7. The van der Waals surface area contributed by atoms with Crippen LogP contribution in [0.4, 0.5) is 0 Å². The number of hydrogen-bond acceptors (Lipinski definition) is 4. The van der Waals surface area contributed by atoms with Gasteiger partial charge in [0.05, 0.1) is 11.8 Å². The molecule has 0 aliphatic rings. The first-order valence-corrected chi connectivity index (χ1v) is 9.94. The van der Waals surface area contributed by atoms with Crippen LogP contribution in [0.5, 0.6) is 5.75 Å². The van der Waals surface area contributed by atoms with Crippen molar-refractivity contribution in [3.8, 4) is 5.75 Å². The maximum absolute atomic E-state index is 11.6. The van der Waals surface area contributed by atoms with Crippen LogP contribution in [0.3, 0.4) is 0 Å². The fourth-order valence-corrected chi connectivity index (χ4v) is 3.42. The molecular weight excluding hydrogens is 338 g/mol. The highest BCUT2D eigenvalue weighted by molar-refractivity contribution is 7.85. The van der Waals surface area contributed by atoms with Gasteiger partial charge in [0.25, 0.3) is 10.1 Å². The van der Waals surface area contributed by atoms with Crippen molar-refractivity contribution < 1.29 is 17.3 Å². The van der Waals surface area contributed by atoms with E-state index in [1.54, 1.807) is 0 Å². The summed E-state index contributed by atoms with van der Waals surface area (Å²) >= 11 is 0. The molecule has 25 heavy (non-hydrogen) atoms. The number of hydrogen-bond donors (Lipinski definition) is 0. The topological polar surface area (TPSA) is 57.5 Å². The van der Waals surface area contributed by atoms with Gasteiger partial charge < -0.3 is 9.30 Å². The first kappa shape index (κ1) is 17.5. The minimum absolute atomic E-state index is 0.439. The SMILES string of the molecule is CCC(OS(C)(=O)=O)n1ccc2cccc(OCc3ccccc3)c21. The summed E-state index contributed by atoms with van der Waals surface area (Å²) < 4.78 is 36.2. The van der Waals surface area contributed by atoms with Crippen molar-refractivity contribution in [2.24, 2.45) is 0 Å². The third-order valence-electron chi connectivity index (χ3n) is 3.89. The Morgan fingerprint density at radius 3 is 2.48 bits per heavy atom.